The Morgan fingerprint density at radius 1 is 1.37 bits per heavy atom. The molecule has 1 aliphatic rings. The second kappa shape index (κ2) is 6.52. The van der Waals surface area contributed by atoms with Crippen molar-refractivity contribution in [1.82, 2.24) is 4.90 Å². The Morgan fingerprint density at radius 2 is 2.05 bits per heavy atom. The molecule has 104 valence electrons. The molecule has 1 fully saturated rings. The summed E-state index contributed by atoms with van der Waals surface area (Å²) < 4.78 is 18.1. The molecule has 0 saturated carbocycles. The number of likely N-dealkylation sites (tertiary alicyclic amines) is 1. The summed E-state index contributed by atoms with van der Waals surface area (Å²) in [5.74, 6) is -0.00836. The number of benzene rings is 1. The van der Waals surface area contributed by atoms with Crippen molar-refractivity contribution in [2.45, 2.75) is 12.8 Å². The third kappa shape index (κ3) is 4.52. The molecule has 0 amide bonds. The van der Waals surface area contributed by atoms with Crippen LogP contribution in [0.4, 0.5) is 4.39 Å². The maximum absolute atomic E-state index is 12.7. The van der Waals surface area contributed by atoms with E-state index in [1.165, 1.54) is 12.1 Å². The molecule has 1 N–H and O–H groups in total. The molecule has 0 bridgehead atoms. The lowest BCUT2D eigenvalue weighted by Crippen LogP contribution is -2.47. The first kappa shape index (κ1) is 13.8. The smallest absolute Gasteiger partial charge is 0.303 e. The van der Waals surface area contributed by atoms with Crippen molar-refractivity contribution in [2.24, 2.45) is 5.92 Å². The van der Waals surface area contributed by atoms with E-state index in [1.807, 2.05) is 0 Å². The Morgan fingerprint density at radius 3 is 2.68 bits per heavy atom. The standard InChI is InChI=1S/C14H18FNO3/c15-12-2-4-13(5-3-12)19-7-1-6-16-9-11(10-16)8-14(17)18/h2-5,11H,1,6-10H2,(H,17,18). The molecule has 0 spiro atoms. The van der Waals surface area contributed by atoms with Gasteiger partial charge in [0.2, 0.25) is 0 Å². The van der Waals surface area contributed by atoms with Gasteiger partial charge in [0.15, 0.2) is 0 Å². The lowest BCUT2D eigenvalue weighted by molar-refractivity contribution is -0.139. The van der Waals surface area contributed by atoms with E-state index in [-0.39, 0.29) is 12.2 Å². The fraction of sp³-hybridized carbons (Fsp3) is 0.500. The summed E-state index contributed by atoms with van der Waals surface area (Å²) in [7, 11) is 0. The second-order valence-electron chi connectivity index (χ2n) is 4.88. The van der Waals surface area contributed by atoms with E-state index in [1.54, 1.807) is 12.1 Å². The number of ether oxygens (including phenoxy) is 1. The minimum absolute atomic E-state index is 0.266. The van der Waals surface area contributed by atoms with Gasteiger partial charge in [0.05, 0.1) is 13.0 Å². The van der Waals surface area contributed by atoms with Crippen molar-refractivity contribution in [2.75, 3.05) is 26.2 Å². The van der Waals surface area contributed by atoms with E-state index in [0.29, 0.717) is 18.3 Å². The fourth-order valence-electron chi connectivity index (χ4n) is 2.24. The highest BCUT2D eigenvalue weighted by Crippen LogP contribution is 2.19. The molecule has 2 rings (SSSR count). The number of rotatable bonds is 7. The zero-order valence-electron chi connectivity index (χ0n) is 10.7. The quantitative estimate of drug-likeness (QED) is 0.768. The molecule has 1 aliphatic heterocycles. The van der Waals surface area contributed by atoms with Crippen LogP contribution in [-0.4, -0.2) is 42.2 Å². The summed E-state index contributed by atoms with van der Waals surface area (Å²) in [6, 6.07) is 5.98. The summed E-state index contributed by atoms with van der Waals surface area (Å²) in [5.41, 5.74) is 0. The Hall–Kier alpha value is -1.62. The number of halogens is 1. The van der Waals surface area contributed by atoms with Crippen molar-refractivity contribution in [1.29, 1.82) is 0 Å². The molecule has 4 nitrogen and oxygen atoms in total. The lowest BCUT2D eigenvalue weighted by atomic mass is 9.96. The molecule has 1 aromatic carbocycles. The Balaban J connectivity index is 1.54. The van der Waals surface area contributed by atoms with Crippen LogP contribution in [0.25, 0.3) is 0 Å². The maximum atomic E-state index is 12.7. The molecule has 0 atom stereocenters. The molecule has 5 heteroatoms. The first-order valence-corrected chi connectivity index (χ1v) is 6.46. The summed E-state index contributed by atoms with van der Waals surface area (Å²) in [6.07, 6.45) is 1.15. The Labute approximate surface area is 111 Å². The van der Waals surface area contributed by atoms with Gasteiger partial charge in [0.25, 0.3) is 0 Å². The van der Waals surface area contributed by atoms with E-state index in [0.717, 1.165) is 26.1 Å². The highest BCUT2D eigenvalue weighted by molar-refractivity contribution is 5.67. The van der Waals surface area contributed by atoms with Crippen molar-refractivity contribution >= 4 is 5.97 Å². The fourth-order valence-corrected chi connectivity index (χ4v) is 2.24. The molecular weight excluding hydrogens is 249 g/mol. The van der Waals surface area contributed by atoms with Crippen LogP contribution < -0.4 is 4.74 Å². The minimum Gasteiger partial charge on any atom is -0.494 e. The van der Waals surface area contributed by atoms with Crippen LogP contribution in [0.2, 0.25) is 0 Å². The first-order valence-electron chi connectivity index (χ1n) is 6.46. The minimum atomic E-state index is -0.718. The predicted molar refractivity (Wildman–Crippen MR) is 68.7 cm³/mol. The third-order valence-electron chi connectivity index (χ3n) is 3.20. The number of carbonyl (C=O) groups is 1. The summed E-state index contributed by atoms with van der Waals surface area (Å²) in [5, 5.41) is 8.63. The van der Waals surface area contributed by atoms with E-state index in [4.69, 9.17) is 9.84 Å². The van der Waals surface area contributed by atoms with Crippen molar-refractivity contribution in [3.8, 4) is 5.75 Å². The zero-order chi connectivity index (χ0) is 13.7. The molecule has 1 saturated heterocycles. The Kier molecular flexibility index (Phi) is 4.74. The van der Waals surface area contributed by atoms with Gasteiger partial charge in [-0.3, -0.25) is 4.79 Å². The first-order chi connectivity index (χ1) is 9.13. The summed E-state index contributed by atoms with van der Waals surface area (Å²) >= 11 is 0. The third-order valence-corrected chi connectivity index (χ3v) is 3.20. The van der Waals surface area contributed by atoms with Gasteiger partial charge in [-0.15, -0.1) is 0 Å². The molecule has 19 heavy (non-hydrogen) atoms. The number of hydrogen-bond acceptors (Lipinski definition) is 3. The van der Waals surface area contributed by atoms with Crippen LogP contribution in [0, 0.1) is 11.7 Å². The number of carboxylic acid groups (broad SMARTS) is 1. The number of nitrogens with zero attached hydrogens (tertiary/aromatic N) is 1. The van der Waals surface area contributed by atoms with Crippen LogP contribution >= 0.6 is 0 Å². The van der Waals surface area contributed by atoms with Crippen molar-refractivity contribution in [3.63, 3.8) is 0 Å². The van der Waals surface area contributed by atoms with E-state index >= 15 is 0 Å². The normalized spacial score (nSPS) is 16.1. The van der Waals surface area contributed by atoms with Crippen LogP contribution in [-0.2, 0) is 4.79 Å². The molecule has 1 heterocycles. The van der Waals surface area contributed by atoms with Crippen LogP contribution in [0.15, 0.2) is 24.3 Å². The van der Waals surface area contributed by atoms with Crippen LogP contribution in [0.3, 0.4) is 0 Å². The van der Waals surface area contributed by atoms with Gasteiger partial charge in [-0.05, 0) is 36.6 Å². The number of hydrogen-bond donors (Lipinski definition) is 1. The zero-order valence-corrected chi connectivity index (χ0v) is 10.7. The molecular formula is C14H18FNO3. The number of carboxylic acids is 1. The van der Waals surface area contributed by atoms with Crippen LogP contribution in [0.5, 0.6) is 5.75 Å². The summed E-state index contributed by atoms with van der Waals surface area (Å²) in [4.78, 5) is 12.7. The van der Waals surface area contributed by atoms with Crippen molar-refractivity contribution < 1.29 is 19.0 Å². The monoisotopic (exact) mass is 267 g/mol. The van der Waals surface area contributed by atoms with Gasteiger partial charge < -0.3 is 14.7 Å². The van der Waals surface area contributed by atoms with Crippen LogP contribution in [0.1, 0.15) is 12.8 Å². The van der Waals surface area contributed by atoms with E-state index in [9.17, 15) is 9.18 Å². The van der Waals surface area contributed by atoms with Gasteiger partial charge in [-0.2, -0.15) is 0 Å². The number of aliphatic carboxylic acids is 1. The molecule has 0 unspecified atom stereocenters. The summed E-state index contributed by atoms with van der Waals surface area (Å²) in [6.45, 7) is 3.23. The molecule has 0 aromatic heterocycles. The predicted octanol–water partition coefficient (Wildman–Crippen LogP) is 2.00. The molecule has 0 radical (unpaired) electrons. The van der Waals surface area contributed by atoms with Gasteiger partial charge >= 0.3 is 5.97 Å². The highest BCUT2D eigenvalue weighted by Gasteiger charge is 2.27. The van der Waals surface area contributed by atoms with Crippen molar-refractivity contribution in [3.05, 3.63) is 30.1 Å². The highest BCUT2D eigenvalue weighted by atomic mass is 19.1. The average Bonchev–Trinajstić information content (AvgIpc) is 2.32. The van der Waals surface area contributed by atoms with E-state index in [2.05, 4.69) is 4.90 Å². The SMILES string of the molecule is O=C(O)CC1CN(CCCOc2ccc(F)cc2)C1. The lowest BCUT2D eigenvalue weighted by Gasteiger charge is -2.38. The van der Waals surface area contributed by atoms with E-state index < -0.39 is 5.97 Å². The van der Waals surface area contributed by atoms with Gasteiger partial charge in [0, 0.05) is 19.6 Å². The topological polar surface area (TPSA) is 49.8 Å². The second-order valence-corrected chi connectivity index (χ2v) is 4.88. The van der Waals surface area contributed by atoms with Gasteiger partial charge in [-0.25, -0.2) is 4.39 Å². The van der Waals surface area contributed by atoms with Gasteiger partial charge in [-0.1, -0.05) is 0 Å². The Bertz CT molecular complexity index is 415. The average molecular weight is 267 g/mol. The molecule has 0 aliphatic carbocycles. The molecule has 1 aromatic rings. The maximum Gasteiger partial charge on any atom is 0.303 e. The van der Waals surface area contributed by atoms with Gasteiger partial charge in [0.1, 0.15) is 11.6 Å². The largest absolute Gasteiger partial charge is 0.494 e.